The van der Waals surface area contributed by atoms with Crippen LogP contribution in [0.1, 0.15) is 18.0 Å². The van der Waals surface area contributed by atoms with Crippen LogP contribution in [0.4, 0.5) is 9.18 Å². The molecule has 0 spiro atoms. The third-order valence-corrected chi connectivity index (χ3v) is 3.67. The second-order valence-corrected chi connectivity index (χ2v) is 5.77. The van der Waals surface area contributed by atoms with E-state index in [1.165, 1.54) is 17.0 Å². The average molecular weight is 383 g/mol. The van der Waals surface area contributed by atoms with Crippen LogP contribution >= 0.6 is 12.4 Å². The summed E-state index contributed by atoms with van der Waals surface area (Å²) in [5.74, 6) is 0.838. The van der Waals surface area contributed by atoms with E-state index in [1.807, 2.05) is 25.2 Å². The van der Waals surface area contributed by atoms with Crippen LogP contribution in [0, 0.1) is 5.82 Å². The highest BCUT2D eigenvalue weighted by atomic mass is 35.5. The Hall–Kier alpha value is -2.31. The fraction of sp³-hybridized carbons (Fsp3) is 0.316. The smallest absolute Gasteiger partial charge is 0.414 e. The molecule has 1 atom stereocenters. The summed E-state index contributed by atoms with van der Waals surface area (Å²) in [6.07, 6.45) is 0.289. The van der Waals surface area contributed by atoms with E-state index >= 15 is 0 Å². The van der Waals surface area contributed by atoms with Gasteiger partial charge >= 0.3 is 6.09 Å². The molecule has 7 heteroatoms. The molecule has 0 aliphatic heterocycles. The lowest BCUT2D eigenvalue weighted by Crippen LogP contribution is -2.25. The topological polar surface area (TPSA) is 50.8 Å². The number of hydrogen-bond acceptors (Lipinski definition) is 4. The number of carbonyl (C=O) groups is 1. The molecule has 2 aromatic rings. The summed E-state index contributed by atoms with van der Waals surface area (Å²) in [6.45, 7) is 0.471. The van der Waals surface area contributed by atoms with Crippen LogP contribution in [0.3, 0.4) is 0 Å². The van der Waals surface area contributed by atoms with Crippen molar-refractivity contribution in [2.24, 2.45) is 0 Å². The van der Waals surface area contributed by atoms with Gasteiger partial charge in [-0.15, -0.1) is 12.4 Å². The summed E-state index contributed by atoms with van der Waals surface area (Å²) in [4.78, 5) is 13.0. The molecule has 0 radical (unpaired) electrons. The molecule has 26 heavy (non-hydrogen) atoms. The summed E-state index contributed by atoms with van der Waals surface area (Å²) in [7, 11) is 5.13. The Bertz CT molecular complexity index is 695. The van der Waals surface area contributed by atoms with Gasteiger partial charge in [0.2, 0.25) is 0 Å². The van der Waals surface area contributed by atoms with Gasteiger partial charge in [-0.05, 0) is 49.0 Å². The van der Waals surface area contributed by atoms with Gasteiger partial charge in [0, 0.05) is 26.6 Å². The molecule has 1 amide bonds. The first-order valence-electron chi connectivity index (χ1n) is 8.04. The number of carbonyl (C=O) groups excluding carboxylic acids is 1. The number of benzene rings is 2. The number of ether oxygens (including phenoxy) is 2. The number of hydrogen-bond donors (Lipinski definition) is 1. The first kappa shape index (κ1) is 21.7. The third kappa shape index (κ3) is 6.54. The zero-order valence-electron chi connectivity index (χ0n) is 15.1. The van der Waals surface area contributed by atoms with Crippen molar-refractivity contribution >= 4 is 18.5 Å². The lowest BCUT2D eigenvalue weighted by molar-refractivity contribution is 0.172. The highest BCUT2D eigenvalue weighted by Crippen LogP contribution is 2.22. The lowest BCUT2D eigenvalue weighted by Gasteiger charge is -2.18. The average Bonchev–Trinajstić information content (AvgIpc) is 2.60. The van der Waals surface area contributed by atoms with Gasteiger partial charge < -0.3 is 19.7 Å². The fourth-order valence-electron chi connectivity index (χ4n) is 2.29. The van der Waals surface area contributed by atoms with Crippen LogP contribution in [0.15, 0.2) is 48.5 Å². The molecule has 1 N–H and O–H groups in total. The number of halogens is 2. The predicted octanol–water partition coefficient (Wildman–Crippen LogP) is 4.04. The molecule has 0 aromatic heterocycles. The standard InChI is InChI=1S/C19H23FN2O3.ClH/c1-21-18(11-12-24-16-9-7-15(20)8-10-16)14-5-4-6-17(13-14)25-19(23)22(2)3;/h4-10,13,18,21H,11-12H2,1-3H3;1H. The van der Waals surface area contributed by atoms with Gasteiger partial charge in [-0.2, -0.15) is 0 Å². The van der Waals surface area contributed by atoms with Crippen LogP contribution in [-0.2, 0) is 0 Å². The summed E-state index contributed by atoms with van der Waals surface area (Å²) in [5, 5.41) is 3.23. The van der Waals surface area contributed by atoms with Crippen LogP contribution in [-0.4, -0.2) is 38.7 Å². The summed E-state index contributed by atoms with van der Waals surface area (Å²) in [6, 6.07) is 13.4. The van der Waals surface area contributed by atoms with Gasteiger partial charge in [0.05, 0.1) is 6.61 Å². The van der Waals surface area contributed by atoms with Gasteiger partial charge in [0.15, 0.2) is 0 Å². The quantitative estimate of drug-likeness (QED) is 0.785. The third-order valence-electron chi connectivity index (χ3n) is 3.67. The van der Waals surface area contributed by atoms with E-state index in [1.54, 1.807) is 32.3 Å². The zero-order valence-corrected chi connectivity index (χ0v) is 15.9. The minimum absolute atomic E-state index is 0. The molecule has 0 heterocycles. The zero-order chi connectivity index (χ0) is 18.2. The molecular formula is C19H24ClFN2O3. The van der Waals surface area contributed by atoms with E-state index in [9.17, 15) is 9.18 Å². The van der Waals surface area contributed by atoms with E-state index in [-0.39, 0.29) is 24.3 Å². The number of amides is 1. The number of rotatable bonds is 7. The van der Waals surface area contributed by atoms with Crippen molar-refractivity contribution in [1.29, 1.82) is 0 Å². The molecular weight excluding hydrogens is 359 g/mol. The Morgan fingerprint density at radius 2 is 1.85 bits per heavy atom. The molecule has 5 nitrogen and oxygen atoms in total. The van der Waals surface area contributed by atoms with E-state index in [0.29, 0.717) is 24.5 Å². The molecule has 1 unspecified atom stereocenters. The number of nitrogens with zero attached hydrogens (tertiary/aromatic N) is 1. The Morgan fingerprint density at radius 1 is 1.15 bits per heavy atom. The molecule has 2 rings (SSSR count). The van der Waals surface area contributed by atoms with Crippen molar-refractivity contribution in [2.75, 3.05) is 27.7 Å². The maximum absolute atomic E-state index is 12.9. The monoisotopic (exact) mass is 382 g/mol. The Morgan fingerprint density at radius 3 is 2.46 bits per heavy atom. The van der Waals surface area contributed by atoms with Crippen molar-refractivity contribution in [3.8, 4) is 11.5 Å². The minimum atomic E-state index is -0.419. The minimum Gasteiger partial charge on any atom is -0.494 e. The van der Waals surface area contributed by atoms with E-state index in [4.69, 9.17) is 9.47 Å². The fourth-order valence-corrected chi connectivity index (χ4v) is 2.29. The first-order chi connectivity index (χ1) is 12.0. The first-order valence-corrected chi connectivity index (χ1v) is 8.04. The molecule has 2 aromatic carbocycles. The van der Waals surface area contributed by atoms with Gasteiger partial charge in [-0.3, -0.25) is 0 Å². The van der Waals surface area contributed by atoms with Crippen LogP contribution in [0.25, 0.3) is 0 Å². The molecule has 142 valence electrons. The largest absolute Gasteiger partial charge is 0.494 e. The summed E-state index contributed by atoms with van der Waals surface area (Å²) < 4.78 is 23.8. The van der Waals surface area contributed by atoms with Crippen LogP contribution in [0.2, 0.25) is 0 Å². The van der Waals surface area contributed by atoms with Crippen LogP contribution in [0.5, 0.6) is 11.5 Å². The van der Waals surface area contributed by atoms with Crippen molar-refractivity contribution in [3.05, 3.63) is 59.9 Å². The highest BCUT2D eigenvalue weighted by molar-refractivity contribution is 5.85. The van der Waals surface area contributed by atoms with Gasteiger partial charge in [-0.1, -0.05) is 12.1 Å². The molecule has 0 saturated carbocycles. The van der Waals surface area contributed by atoms with E-state index < -0.39 is 6.09 Å². The second-order valence-electron chi connectivity index (χ2n) is 5.77. The molecule has 0 aliphatic rings. The van der Waals surface area contributed by atoms with Gasteiger partial charge in [0.25, 0.3) is 0 Å². The maximum Gasteiger partial charge on any atom is 0.414 e. The number of nitrogens with one attached hydrogen (secondary N) is 1. The Balaban J connectivity index is 0.00000338. The maximum atomic E-state index is 12.9. The van der Waals surface area contributed by atoms with Crippen LogP contribution < -0.4 is 14.8 Å². The predicted molar refractivity (Wildman–Crippen MR) is 102 cm³/mol. The van der Waals surface area contributed by atoms with E-state index in [0.717, 1.165) is 5.56 Å². The van der Waals surface area contributed by atoms with Crippen molar-refractivity contribution < 1.29 is 18.7 Å². The van der Waals surface area contributed by atoms with Gasteiger partial charge in [0.1, 0.15) is 17.3 Å². The molecule has 0 bridgehead atoms. The summed E-state index contributed by atoms with van der Waals surface area (Å²) >= 11 is 0. The second kappa shape index (κ2) is 10.6. The lowest BCUT2D eigenvalue weighted by atomic mass is 10.0. The van der Waals surface area contributed by atoms with Gasteiger partial charge in [-0.25, -0.2) is 9.18 Å². The summed E-state index contributed by atoms with van der Waals surface area (Å²) in [5.41, 5.74) is 0.995. The molecule has 0 aliphatic carbocycles. The Labute approximate surface area is 159 Å². The SMILES string of the molecule is CNC(CCOc1ccc(F)cc1)c1cccc(OC(=O)N(C)C)c1.Cl. The highest BCUT2D eigenvalue weighted by Gasteiger charge is 2.12. The van der Waals surface area contributed by atoms with Crippen molar-refractivity contribution in [1.82, 2.24) is 10.2 Å². The molecule has 0 fully saturated rings. The van der Waals surface area contributed by atoms with E-state index in [2.05, 4.69) is 5.32 Å². The normalized spacial score (nSPS) is 11.2. The molecule has 0 saturated heterocycles. The van der Waals surface area contributed by atoms with Crippen molar-refractivity contribution in [3.63, 3.8) is 0 Å². The Kier molecular flexibility index (Phi) is 8.88. The van der Waals surface area contributed by atoms with Crippen molar-refractivity contribution in [2.45, 2.75) is 12.5 Å².